The van der Waals surface area contributed by atoms with Crippen LogP contribution in [0.4, 0.5) is 0 Å². The molecule has 1 aromatic carbocycles. The molecule has 2 aliphatic rings. The second kappa shape index (κ2) is 6.03. The standard InChI is InChI=1S/C17H17ClO6/c1-4-17(20)12(22-15-13(17)23-16(2,3)24-15)9-21-14(19)10-5-7-11(18)8-6-10/h1,5-8,12-13,15,20H,9H2,2-3H3/t12-,13+,15-,17-/m0/s1. The van der Waals surface area contributed by atoms with E-state index in [4.69, 9.17) is 37.0 Å². The second-order valence-electron chi connectivity index (χ2n) is 6.12. The largest absolute Gasteiger partial charge is 0.459 e. The van der Waals surface area contributed by atoms with Gasteiger partial charge in [0.15, 0.2) is 23.8 Å². The van der Waals surface area contributed by atoms with E-state index < -0.39 is 35.9 Å². The minimum Gasteiger partial charge on any atom is -0.459 e. The molecule has 2 aliphatic heterocycles. The smallest absolute Gasteiger partial charge is 0.338 e. The summed E-state index contributed by atoms with van der Waals surface area (Å²) >= 11 is 5.78. The van der Waals surface area contributed by atoms with Crippen molar-refractivity contribution in [3.63, 3.8) is 0 Å². The Balaban J connectivity index is 1.67. The van der Waals surface area contributed by atoms with Crippen LogP contribution >= 0.6 is 11.6 Å². The van der Waals surface area contributed by atoms with Crippen LogP contribution in [0.3, 0.4) is 0 Å². The molecule has 4 atom stereocenters. The first kappa shape index (κ1) is 17.2. The van der Waals surface area contributed by atoms with E-state index in [1.54, 1.807) is 26.0 Å². The Morgan fingerprint density at radius 2 is 2.04 bits per heavy atom. The monoisotopic (exact) mass is 352 g/mol. The van der Waals surface area contributed by atoms with Gasteiger partial charge in [-0.05, 0) is 38.1 Å². The highest BCUT2D eigenvalue weighted by atomic mass is 35.5. The number of ether oxygens (including phenoxy) is 4. The number of halogens is 1. The summed E-state index contributed by atoms with van der Waals surface area (Å²) in [5.74, 6) is 0.801. The lowest BCUT2D eigenvalue weighted by molar-refractivity contribution is -0.225. The van der Waals surface area contributed by atoms with Gasteiger partial charge >= 0.3 is 5.97 Å². The van der Waals surface area contributed by atoms with Crippen LogP contribution in [0.25, 0.3) is 0 Å². The van der Waals surface area contributed by atoms with Crippen molar-refractivity contribution < 1.29 is 28.8 Å². The Morgan fingerprint density at radius 1 is 1.38 bits per heavy atom. The Kier molecular flexibility index (Phi) is 4.32. The first-order chi connectivity index (χ1) is 11.2. The van der Waals surface area contributed by atoms with E-state index >= 15 is 0 Å². The number of hydrogen-bond donors (Lipinski definition) is 1. The van der Waals surface area contributed by atoms with Gasteiger partial charge in [-0.15, -0.1) is 6.42 Å². The molecule has 2 saturated heterocycles. The summed E-state index contributed by atoms with van der Waals surface area (Å²) in [6, 6.07) is 6.24. The molecule has 24 heavy (non-hydrogen) atoms. The summed E-state index contributed by atoms with van der Waals surface area (Å²) in [5.41, 5.74) is -1.42. The molecule has 0 spiro atoms. The summed E-state index contributed by atoms with van der Waals surface area (Å²) in [6.07, 6.45) is 2.84. The van der Waals surface area contributed by atoms with Gasteiger partial charge in [0.05, 0.1) is 5.56 Å². The fourth-order valence-electron chi connectivity index (χ4n) is 2.74. The zero-order valence-corrected chi connectivity index (χ0v) is 13.9. The maximum Gasteiger partial charge on any atom is 0.338 e. The summed E-state index contributed by atoms with van der Waals surface area (Å²) in [7, 11) is 0. The van der Waals surface area contributed by atoms with Gasteiger partial charge in [0, 0.05) is 5.02 Å². The van der Waals surface area contributed by atoms with Gasteiger partial charge in [-0.1, -0.05) is 17.5 Å². The molecule has 6 nitrogen and oxygen atoms in total. The molecule has 128 valence electrons. The van der Waals surface area contributed by atoms with Gasteiger partial charge in [-0.3, -0.25) is 0 Å². The van der Waals surface area contributed by atoms with Crippen LogP contribution in [-0.4, -0.2) is 47.6 Å². The van der Waals surface area contributed by atoms with Crippen LogP contribution in [0.1, 0.15) is 24.2 Å². The number of esters is 1. The highest BCUT2D eigenvalue weighted by Gasteiger charge is 2.63. The zero-order valence-electron chi connectivity index (χ0n) is 13.2. The van der Waals surface area contributed by atoms with Gasteiger partial charge in [0.25, 0.3) is 0 Å². The minimum atomic E-state index is -1.75. The third kappa shape index (κ3) is 3.02. The molecule has 1 aromatic rings. The maximum absolute atomic E-state index is 12.0. The molecule has 2 heterocycles. The molecule has 0 aliphatic carbocycles. The highest BCUT2D eigenvalue weighted by Crippen LogP contribution is 2.42. The second-order valence-corrected chi connectivity index (χ2v) is 6.56. The molecule has 0 bridgehead atoms. The molecule has 0 aromatic heterocycles. The van der Waals surface area contributed by atoms with E-state index in [9.17, 15) is 9.90 Å². The Bertz CT molecular complexity index is 679. The molecule has 0 amide bonds. The van der Waals surface area contributed by atoms with Crippen molar-refractivity contribution in [3.05, 3.63) is 34.9 Å². The third-order valence-electron chi connectivity index (χ3n) is 3.96. The van der Waals surface area contributed by atoms with Gasteiger partial charge in [-0.2, -0.15) is 0 Å². The lowest BCUT2D eigenvalue weighted by Crippen LogP contribution is -2.49. The van der Waals surface area contributed by atoms with Crippen molar-refractivity contribution >= 4 is 17.6 Å². The van der Waals surface area contributed by atoms with Crippen LogP contribution in [0, 0.1) is 12.3 Å². The van der Waals surface area contributed by atoms with E-state index in [2.05, 4.69) is 5.92 Å². The van der Waals surface area contributed by atoms with Crippen LogP contribution in [0.15, 0.2) is 24.3 Å². The molecule has 0 unspecified atom stereocenters. The number of hydrogen-bond acceptors (Lipinski definition) is 6. The van der Waals surface area contributed by atoms with Gasteiger partial charge in [0.1, 0.15) is 12.7 Å². The van der Waals surface area contributed by atoms with Crippen molar-refractivity contribution in [2.45, 2.75) is 43.7 Å². The molecule has 1 N–H and O–H groups in total. The fourth-order valence-corrected chi connectivity index (χ4v) is 2.86. The number of fused-ring (bicyclic) bond motifs is 1. The average Bonchev–Trinajstić information content (AvgIpc) is 2.97. The molecule has 7 heteroatoms. The molecular formula is C17H17ClO6. The van der Waals surface area contributed by atoms with E-state index in [-0.39, 0.29) is 6.61 Å². The molecule has 2 fully saturated rings. The number of aliphatic hydroxyl groups is 1. The van der Waals surface area contributed by atoms with Gasteiger partial charge < -0.3 is 24.1 Å². The number of rotatable bonds is 3. The van der Waals surface area contributed by atoms with Gasteiger partial charge in [0.2, 0.25) is 0 Å². The quantitative estimate of drug-likeness (QED) is 0.659. The number of carbonyl (C=O) groups is 1. The maximum atomic E-state index is 12.0. The third-order valence-corrected chi connectivity index (χ3v) is 4.21. The Labute approximate surface area is 144 Å². The summed E-state index contributed by atoms with van der Waals surface area (Å²) in [6.45, 7) is 3.16. The van der Waals surface area contributed by atoms with Crippen LogP contribution in [0.5, 0.6) is 0 Å². The average molecular weight is 353 g/mol. The lowest BCUT2D eigenvalue weighted by atomic mass is 9.94. The summed E-state index contributed by atoms with van der Waals surface area (Å²) in [4.78, 5) is 12.0. The van der Waals surface area contributed by atoms with Crippen molar-refractivity contribution in [2.24, 2.45) is 0 Å². The van der Waals surface area contributed by atoms with Crippen LogP contribution in [0.2, 0.25) is 5.02 Å². The summed E-state index contributed by atoms with van der Waals surface area (Å²) < 4.78 is 22.0. The van der Waals surface area contributed by atoms with Crippen molar-refractivity contribution in [2.75, 3.05) is 6.61 Å². The van der Waals surface area contributed by atoms with E-state index in [0.717, 1.165) is 0 Å². The number of carbonyl (C=O) groups excluding carboxylic acids is 1. The van der Waals surface area contributed by atoms with Crippen molar-refractivity contribution in [1.29, 1.82) is 0 Å². The highest BCUT2D eigenvalue weighted by molar-refractivity contribution is 6.30. The predicted molar refractivity (Wildman–Crippen MR) is 84.2 cm³/mol. The van der Waals surface area contributed by atoms with Crippen LogP contribution < -0.4 is 0 Å². The first-order valence-electron chi connectivity index (χ1n) is 7.39. The van der Waals surface area contributed by atoms with Gasteiger partial charge in [-0.25, -0.2) is 4.79 Å². The molecule has 3 rings (SSSR count). The molecular weight excluding hydrogens is 336 g/mol. The number of terminal acetylenes is 1. The SMILES string of the molecule is C#C[C@]1(O)[C@H](COC(=O)c2ccc(Cl)cc2)O[C@H]2OC(C)(C)O[C@H]21. The Hall–Kier alpha value is -1.62. The predicted octanol–water partition coefficient (Wildman–Crippen LogP) is 1.74. The minimum absolute atomic E-state index is 0.234. The van der Waals surface area contributed by atoms with E-state index in [1.165, 1.54) is 12.1 Å². The Morgan fingerprint density at radius 3 is 2.67 bits per heavy atom. The summed E-state index contributed by atoms with van der Waals surface area (Å²) in [5, 5.41) is 11.2. The van der Waals surface area contributed by atoms with E-state index in [1.807, 2.05) is 0 Å². The topological polar surface area (TPSA) is 74.2 Å². The zero-order chi connectivity index (χ0) is 17.5. The first-order valence-corrected chi connectivity index (χ1v) is 7.77. The lowest BCUT2D eigenvalue weighted by Gasteiger charge is -2.29. The molecule has 0 radical (unpaired) electrons. The number of benzene rings is 1. The normalized spacial score (nSPS) is 33.7. The fraction of sp³-hybridized carbons (Fsp3) is 0.471. The van der Waals surface area contributed by atoms with Crippen molar-refractivity contribution in [1.82, 2.24) is 0 Å². The van der Waals surface area contributed by atoms with E-state index in [0.29, 0.717) is 10.6 Å². The van der Waals surface area contributed by atoms with Crippen LogP contribution in [-0.2, 0) is 18.9 Å². The van der Waals surface area contributed by atoms with Crippen molar-refractivity contribution in [3.8, 4) is 12.3 Å². The molecule has 0 saturated carbocycles.